The van der Waals surface area contributed by atoms with E-state index < -0.39 is 0 Å². The highest BCUT2D eigenvalue weighted by molar-refractivity contribution is 4.97. The van der Waals surface area contributed by atoms with E-state index in [0.717, 1.165) is 13.1 Å². The molecule has 24 heavy (non-hydrogen) atoms. The van der Waals surface area contributed by atoms with Crippen LogP contribution in [0.15, 0.2) is 0 Å². The number of nitrogens with one attached hydrogen (secondary N) is 1. The molecular formula is C19H37N5. The zero-order chi connectivity index (χ0) is 16.2. The quantitative estimate of drug-likeness (QED) is 0.850. The number of piperazine rings is 1. The van der Waals surface area contributed by atoms with Gasteiger partial charge in [0.1, 0.15) is 0 Å². The maximum atomic E-state index is 3.78. The SMILES string of the molecule is C1CCCN(N2CCNCC2(N2CCCCC2)N2CCCC2)CC1. The number of hydrogen-bond donors (Lipinski definition) is 1. The van der Waals surface area contributed by atoms with E-state index in [1.54, 1.807) is 0 Å². The van der Waals surface area contributed by atoms with Crippen LogP contribution < -0.4 is 5.32 Å². The smallest absolute Gasteiger partial charge is 0.156 e. The zero-order valence-electron chi connectivity index (χ0n) is 15.5. The summed E-state index contributed by atoms with van der Waals surface area (Å²) in [6.07, 6.45) is 12.5. The maximum Gasteiger partial charge on any atom is 0.156 e. The molecule has 4 aliphatic heterocycles. The molecule has 0 spiro atoms. The Kier molecular flexibility index (Phi) is 5.74. The number of hydrazine groups is 1. The third kappa shape index (κ3) is 3.26. The first kappa shape index (κ1) is 17.2. The third-order valence-corrected chi connectivity index (χ3v) is 6.67. The van der Waals surface area contributed by atoms with E-state index >= 15 is 0 Å². The van der Waals surface area contributed by atoms with E-state index in [0.29, 0.717) is 0 Å². The largest absolute Gasteiger partial charge is 0.311 e. The number of likely N-dealkylation sites (tertiary alicyclic amines) is 2. The summed E-state index contributed by atoms with van der Waals surface area (Å²) >= 11 is 0. The van der Waals surface area contributed by atoms with Crippen molar-refractivity contribution in [2.75, 3.05) is 58.9 Å². The van der Waals surface area contributed by atoms with Crippen molar-refractivity contribution in [3.8, 4) is 0 Å². The lowest BCUT2D eigenvalue weighted by Gasteiger charge is -2.60. The second kappa shape index (κ2) is 8.00. The van der Waals surface area contributed by atoms with Gasteiger partial charge in [-0.3, -0.25) is 9.80 Å². The van der Waals surface area contributed by atoms with Crippen LogP contribution in [0, 0.1) is 0 Å². The van der Waals surface area contributed by atoms with Crippen LogP contribution in [-0.2, 0) is 0 Å². The molecule has 0 aromatic rings. The Morgan fingerprint density at radius 1 is 0.542 bits per heavy atom. The van der Waals surface area contributed by atoms with Crippen LogP contribution in [0.3, 0.4) is 0 Å². The van der Waals surface area contributed by atoms with Gasteiger partial charge in [0, 0.05) is 58.9 Å². The second-order valence-corrected chi connectivity index (χ2v) is 8.18. The van der Waals surface area contributed by atoms with Gasteiger partial charge in [-0.1, -0.05) is 19.3 Å². The molecule has 5 heteroatoms. The Bertz CT molecular complexity index is 383. The van der Waals surface area contributed by atoms with Gasteiger partial charge in [0.25, 0.3) is 0 Å². The Balaban J connectivity index is 1.64. The Morgan fingerprint density at radius 3 is 1.67 bits per heavy atom. The standard InChI is InChI=1S/C19H37N5/c1-2-7-16-23(15-6-1)24-17-10-20-18-19(24,22-13-8-9-14-22)21-11-4-3-5-12-21/h20H,1-18H2. The predicted molar refractivity (Wildman–Crippen MR) is 98.6 cm³/mol. The van der Waals surface area contributed by atoms with Crippen LogP contribution in [0.2, 0.25) is 0 Å². The zero-order valence-corrected chi connectivity index (χ0v) is 15.5. The summed E-state index contributed by atoms with van der Waals surface area (Å²) in [4.78, 5) is 5.67. The fourth-order valence-corrected chi connectivity index (χ4v) is 5.45. The summed E-state index contributed by atoms with van der Waals surface area (Å²) in [5.74, 6) is 0.111. The number of piperidine rings is 1. The van der Waals surface area contributed by atoms with Gasteiger partial charge in [-0.25, -0.2) is 10.0 Å². The van der Waals surface area contributed by atoms with E-state index in [-0.39, 0.29) is 5.79 Å². The van der Waals surface area contributed by atoms with Crippen molar-refractivity contribution in [3.63, 3.8) is 0 Å². The van der Waals surface area contributed by atoms with Gasteiger partial charge < -0.3 is 5.32 Å². The van der Waals surface area contributed by atoms with Crippen LogP contribution in [0.5, 0.6) is 0 Å². The van der Waals surface area contributed by atoms with Crippen molar-refractivity contribution in [1.29, 1.82) is 0 Å². The van der Waals surface area contributed by atoms with Crippen LogP contribution in [-0.4, -0.2) is 84.5 Å². The second-order valence-electron chi connectivity index (χ2n) is 8.18. The highest BCUT2D eigenvalue weighted by Crippen LogP contribution is 2.34. The summed E-state index contributed by atoms with van der Waals surface area (Å²) in [5.41, 5.74) is 0. The highest BCUT2D eigenvalue weighted by atomic mass is 15.8. The molecule has 4 saturated heterocycles. The minimum atomic E-state index is 0.111. The average Bonchev–Trinajstić information content (AvgIpc) is 3.06. The van der Waals surface area contributed by atoms with Crippen molar-refractivity contribution < 1.29 is 0 Å². The van der Waals surface area contributed by atoms with Crippen molar-refractivity contribution in [3.05, 3.63) is 0 Å². The first-order valence-electron chi connectivity index (χ1n) is 10.6. The summed E-state index contributed by atoms with van der Waals surface area (Å²) < 4.78 is 0. The van der Waals surface area contributed by atoms with E-state index in [4.69, 9.17) is 0 Å². The lowest BCUT2D eigenvalue weighted by atomic mass is 10.1. The van der Waals surface area contributed by atoms with Crippen LogP contribution in [0.4, 0.5) is 0 Å². The third-order valence-electron chi connectivity index (χ3n) is 6.67. The number of nitrogens with zero attached hydrogens (tertiary/aromatic N) is 4. The van der Waals surface area contributed by atoms with Crippen LogP contribution >= 0.6 is 0 Å². The Hall–Kier alpha value is -0.200. The lowest BCUT2D eigenvalue weighted by Crippen LogP contribution is -2.79. The molecule has 0 amide bonds. The Labute approximate surface area is 148 Å². The summed E-state index contributed by atoms with van der Waals surface area (Å²) in [5, 5.41) is 9.36. The van der Waals surface area contributed by atoms with Gasteiger partial charge in [0.05, 0.1) is 0 Å². The fourth-order valence-electron chi connectivity index (χ4n) is 5.45. The normalized spacial score (nSPS) is 36.0. The van der Waals surface area contributed by atoms with Crippen LogP contribution in [0.1, 0.15) is 57.8 Å². The minimum absolute atomic E-state index is 0.111. The summed E-state index contributed by atoms with van der Waals surface area (Å²) in [6, 6.07) is 0. The molecule has 4 aliphatic rings. The molecule has 5 nitrogen and oxygen atoms in total. The molecule has 4 heterocycles. The highest BCUT2D eigenvalue weighted by Gasteiger charge is 2.51. The van der Waals surface area contributed by atoms with E-state index in [9.17, 15) is 0 Å². The van der Waals surface area contributed by atoms with E-state index in [1.165, 1.54) is 104 Å². The first-order chi connectivity index (χ1) is 11.9. The monoisotopic (exact) mass is 335 g/mol. The molecule has 1 unspecified atom stereocenters. The minimum Gasteiger partial charge on any atom is -0.311 e. The fraction of sp³-hybridized carbons (Fsp3) is 1.00. The Morgan fingerprint density at radius 2 is 1.04 bits per heavy atom. The molecule has 138 valence electrons. The van der Waals surface area contributed by atoms with Gasteiger partial charge in [0.15, 0.2) is 5.79 Å². The van der Waals surface area contributed by atoms with Crippen molar-refractivity contribution >= 4 is 0 Å². The van der Waals surface area contributed by atoms with Crippen LogP contribution in [0.25, 0.3) is 0 Å². The average molecular weight is 336 g/mol. The molecule has 0 bridgehead atoms. The van der Waals surface area contributed by atoms with E-state index in [1.807, 2.05) is 0 Å². The topological polar surface area (TPSA) is 25.0 Å². The molecule has 4 fully saturated rings. The molecule has 0 aromatic heterocycles. The molecule has 0 saturated carbocycles. The molecule has 4 rings (SSSR count). The number of rotatable bonds is 3. The van der Waals surface area contributed by atoms with Gasteiger partial charge in [-0.15, -0.1) is 0 Å². The maximum absolute atomic E-state index is 3.78. The van der Waals surface area contributed by atoms with Crippen molar-refractivity contribution in [1.82, 2.24) is 25.1 Å². The molecule has 1 N–H and O–H groups in total. The molecule has 0 aliphatic carbocycles. The first-order valence-corrected chi connectivity index (χ1v) is 10.6. The predicted octanol–water partition coefficient (Wildman–Crippen LogP) is 1.92. The van der Waals surface area contributed by atoms with Gasteiger partial charge in [-0.05, 0) is 38.5 Å². The summed E-state index contributed by atoms with van der Waals surface area (Å²) in [6.45, 7) is 11.1. The molecule has 0 radical (unpaired) electrons. The van der Waals surface area contributed by atoms with Crippen molar-refractivity contribution in [2.45, 2.75) is 63.6 Å². The van der Waals surface area contributed by atoms with Gasteiger partial charge in [-0.2, -0.15) is 0 Å². The molecule has 1 atom stereocenters. The lowest BCUT2D eigenvalue weighted by molar-refractivity contribution is -0.255. The van der Waals surface area contributed by atoms with E-state index in [2.05, 4.69) is 25.1 Å². The molecular weight excluding hydrogens is 298 g/mol. The van der Waals surface area contributed by atoms with Crippen molar-refractivity contribution in [2.24, 2.45) is 0 Å². The van der Waals surface area contributed by atoms with Gasteiger partial charge in [0.2, 0.25) is 0 Å². The summed E-state index contributed by atoms with van der Waals surface area (Å²) in [7, 11) is 0. The number of hydrogen-bond acceptors (Lipinski definition) is 5. The van der Waals surface area contributed by atoms with Gasteiger partial charge >= 0.3 is 0 Å². The molecule has 0 aromatic carbocycles.